The number of carbonyl (C=O) groups is 1. The Morgan fingerprint density at radius 1 is 1.25 bits per heavy atom. The number of ether oxygens (including phenoxy) is 1. The molecule has 0 saturated carbocycles. The van der Waals surface area contributed by atoms with Gasteiger partial charge in [0.2, 0.25) is 0 Å². The molecular formula is C17H14ClF3N2O5. The Balaban J connectivity index is 1.84. The van der Waals surface area contributed by atoms with Crippen LogP contribution in [0.25, 0.3) is 0 Å². The quantitative estimate of drug-likeness (QED) is 0.530. The Morgan fingerprint density at radius 3 is 2.43 bits per heavy atom. The van der Waals surface area contributed by atoms with Crippen molar-refractivity contribution in [3.8, 4) is 5.75 Å². The van der Waals surface area contributed by atoms with E-state index in [2.05, 4.69) is 5.32 Å². The van der Waals surface area contributed by atoms with Gasteiger partial charge in [-0.05, 0) is 30.3 Å². The Bertz CT molecular complexity index is 859. The third-order valence-electron chi connectivity index (χ3n) is 3.53. The molecule has 7 nitrogen and oxygen atoms in total. The van der Waals surface area contributed by atoms with E-state index in [-0.39, 0.29) is 35.2 Å². The molecule has 2 aromatic rings. The van der Waals surface area contributed by atoms with E-state index in [1.165, 1.54) is 6.07 Å². The highest BCUT2D eigenvalue weighted by molar-refractivity contribution is 6.34. The first-order valence-electron chi connectivity index (χ1n) is 7.78. The van der Waals surface area contributed by atoms with E-state index >= 15 is 0 Å². The summed E-state index contributed by atoms with van der Waals surface area (Å²) in [6.07, 6.45) is -5.61. The van der Waals surface area contributed by atoms with Crippen LogP contribution in [0.3, 0.4) is 0 Å². The van der Waals surface area contributed by atoms with Crippen molar-refractivity contribution in [2.75, 3.05) is 13.2 Å². The first-order valence-corrected chi connectivity index (χ1v) is 8.16. The first kappa shape index (κ1) is 21.5. The second-order valence-corrected chi connectivity index (χ2v) is 6.03. The Hall–Kier alpha value is -2.85. The van der Waals surface area contributed by atoms with Gasteiger partial charge in [-0.25, -0.2) is 0 Å². The molecular weight excluding hydrogens is 405 g/mol. The lowest BCUT2D eigenvalue weighted by Gasteiger charge is -2.14. The number of aliphatic hydroxyl groups excluding tert-OH is 1. The van der Waals surface area contributed by atoms with Crippen molar-refractivity contribution >= 4 is 23.2 Å². The van der Waals surface area contributed by atoms with Crippen molar-refractivity contribution in [3.63, 3.8) is 0 Å². The van der Waals surface area contributed by atoms with E-state index in [4.69, 9.17) is 16.3 Å². The number of carbonyl (C=O) groups excluding carboxylic acids is 1. The summed E-state index contributed by atoms with van der Waals surface area (Å²) < 4.78 is 42.6. The summed E-state index contributed by atoms with van der Waals surface area (Å²) in [5.41, 5.74) is -1.11. The van der Waals surface area contributed by atoms with Gasteiger partial charge in [0.1, 0.15) is 18.5 Å². The molecule has 28 heavy (non-hydrogen) atoms. The number of nitro groups is 1. The summed E-state index contributed by atoms with van der Waals surface area (Å²) >= 11 is 5.84. The molecule has 0 bridgehead atoms. The smallest absolute Gasteiger partial charge is 0.416 e. The van der Waals surface area contributed by atoms with Gasteiger partial charge in [0.25, 0.3) is 11.6 Å². The Labute approximate surface area is 161 Å². The fourth-order valence-corrected chi connectivity index (χ4v) is 2.36. The molecule has 1 atom stereocenters. The van der Waals surface area contributed by atoms with Gasteiger partial charge in [0.15, 0.2) is 0 Å². The lowest BCUT2D eigenvalue weighted by atomic mass is 10.2. The SMILES string of the molecule is O=C(NCC(O)COc1ccc(C(F)(F)F)cc1)c1ccc([N+](=O)[O-])cc1Cl. The minimum atomic E-state index is -4.46. The van der Waals surface area contributed by atoms with Gasteiger partial charge in [-0.1, -0.05) is 11.6 Å². The van der Waals surface area contributed by atoms with E-state index in [9.17, 15) is 33.2 Å². The maximum Gasteiger partial charge on any atom is 0.416 e. The van der Waals surface area contributed by atoms with Crippen LogP contribution in [-0.4, -0.2) is 35.2 Å². The number of nitrogens with zero attached hydrogens (tertiary/aromatic N) is 1. The highest BCUT2D eigenvalue weighted by atomic mass is 35.5. The van der Waals surface area contributed by atoms with Gasteiger partial charge in [0, 0.05) is 18.7 Å². The number of benzene rings is 2. The average molecular weight is 419 g/mol. The highest BCUT2D eigenvalue weighted by Gasteiger charge is 2.30. The molecule has 0 radical (unpaired) electrons. The maximum atomic E-state index is 12.5. The third kappa shape index (κ3) is 5.83. The van der Waals surface area contributed by atoms with Crippen LogP contribution >= 0.6 is 11.6 Å². The van der Waals surface area contributed by atoms with Crippen molar-refractivity contribution in [1.82, 2.24) is 5.32 Å². The number of nitro benzene ring substituents is 1. The van der Waals surface area contributed by atoms with E-state index in [1.807, 2.05) is 0 Å². The number of alkyl halides is 3. The molecule has 0 saturated heterocycles. The molecule has 2 rings (SSSR count). The Morgan fingerprint density at radius 2 is 1.89 bits per heavy atom. The van der Waals surface area contributed by atoms with Crippen molar-refractivity contribution in [1.29, 1.82) is 0 Å². The van der Waals surface area contributed by atoms with Gasteiger partial charge >= 0.3 is 6.18 Å². The lowest BCUT2D eigenvalue weighted by molar-refractivity contribution is -0.384. The number of non-ortho nitro benzene ring substituents is 1. The van der Waals surface area contributed by atoms with E-state index in [0.29, 0.717) is 0 Å². The van der Waals surface area contributed by atoms with Gasteiger partial charge in [-0.3, -0.25) is 14.9 Å². The number of hydrogen-bond donors (Lipinski definition) is 2. The largest absolute Gasteiger partial charge is 0.491 e. The normalized spacial score (nSPS) is 12.3. The van der Waals surface area contributed by atoms with Gasteiger partial charge in [0.05, 0.1) is 21.1 Å². The molecule has 2 N–H and O–H groups in total. The summed E-state index contributed by atoms with van der Waals surface area (Å²) in [5.74, 6) is -0.537. The first-order chi connectivity index (χ1) is 13.1. The number of amides is 1. The summed E-state index contributed by atoms with van der Waals surface area (Å²) in [4.78, 5) is 22.0. The standard InChI is InChI=1S/C17H14ClF3N2O5/c18-15-7-11(23(26)27)3-6-14(15)16(25)22-8-12(24)9-28-13-4-1-10(2-5-13)17(19,20)21/h1-7,12,24H,8-9H2,(H,22,25). The van der Waals surface area contributed by atoms with Crippen LogP contribution in [0.4, 0.5) is 18.9 Å². The summed E-state index contributed by atoms with van der Waals surface area (Å²) in [7, 11) is 0. The van der Waals surface area contributed by atoms with Crippen LogP contribution < -0.4 is 10.1 Å². The van der Waals surface area contributed by atoms with Gasteiger partial charge < -0.3 is 15.2 Å². The maximum absolute atomic E-state index is 12.5. The van der Waals surface area contributed by atoms with Crippen molar-refractivity contribution in [2.24, 2.45) is 0 Å². The molecule has 0 fully saturated rings. The second kappa shape index (κ2) is 8.89. The van der Waals surface area contributed by atoms with Gasteiger partial charge in [-0.15, -0.1) is 0 Å². The van der Waals surface area contributed by atoms with Crippen LogP contribution in [0.1, 0.15) is 15.9 Å². The number of nitrogens with one attached hydrogen (secondary N) is 1. The zero-order chi connectivity index (χ0) is 20.9. The van der Waals surface area contributed by atoms with Crippen molar-refractivity contribution < 1.29 is 32.7 Å². The molecule has 0 heterocycles. The predicted molar refractivity (Wildman–Crippen MR) is 93.4 cm³/mol. The molecule has 2 aromatic carbocycles. The summed E-state index contributed by atoms with van der Waals surface area (Å²) in [5, 5.41) is 22.7. The molecule has 0 aromatic heterocycles. The Kier molecular flexibility index (Phi) is 6.81. The average Bonchev–Trinajstić information content (AvgIpc) is 2.63. The van der Waals surface area contributed by atoms with Crippen LogP contribution in [0.2, 0.25) is 5.02 Å². The van der Waals surface area contributed by atoms with Crippen molar-refractivity contribution in [3.05, 3.63) is 68.7 Å². The third-order valence-corrected chi connectivity index (χ3v) is 3.84. The molecule has 0 aliphatic carbocycles. The highest BCUT2D eigenvalue weighted by Crippen LogP contribution is 2.30. The van der Waals surface area contributed by atoms with Crippen LogP contribution in [-0.2, 0) is 6.18 Å². The van der Waals surface area contributed by atoms with E-state index in [0.717, 1.165) is 36.4 Å². The minimum Gasteiger partial charge on any atom is -0.491 e. The fraction of sp³-hybridized carbons (Fsp3) is 0.235. The summed E-state index contributed by atoms with van der Waals surface area (Å²) in [6.45, 7) is -0.508. The topological polar surface area (TPSA) is 102 Å². The lowest BCUT2D eigenvalue weighted by Crippen LogP contribution is -2.35. The summed E-state index contributed by atoms with van der Waals surface area (Å²) in [6, 6.07) is 7.25. The van der Waals surface area contributed by atoms with E-state index < -0.39 is 28.7 Å². The van der Waals surface area contributed by atoms with E-state index in [1.54, 1.807) is 0 Å². The predicted octanol–water partition coefficient (Wildman–Crippen LogP) is 3.44. The molecule has 0 aliphatic heterocycles. The number of hydrogen-bond acceptors (Lipinski definition) is 5. The molecule has 150 valence electrons. The van der Waals surface area contributed by atoms with Crippen molar-refractivity contribution in [2.45, 2.75) is 12.3 Å². The number of aliphatic hydroxyl groups is 1. The molecule has 11 heteroatoms. The minimum absolute atomic E-state index is 0.0110. The van der Waals surface area contributed by atoms with Crippen LogP contribution in [0.5, 0.6) is 5.75 Å². The van der Waals surface area contributed by atoms with Crippen LogP contribution in [0, 0.1) is 10.1 Å². The second-order valence-electron chi connectivity index (χ2n) is 5.62. The monoisotopic (exact) mass is 418 g/mol. The molecule has 0 spiro atoms. The van der Waals surface area contributed by atoms with Gasteiger partial charge in [-0.2, -0.15) is 13.2 Å². The zero-order valence-corrected chi connectivity index (χ0v) is 14.8. The number of halogens is 4. The zero-order valence-electron chi connectivity index (χ0n) is 14.1. The molecule has 0 aliphatic rings. The molecule has 1 unspecified atom stereocenters. The fourth-order valence-electron chi connectivity index (χ4n) is 2.10. The molecule has 1 amide bonds. The van der Waals surface area contributed by atoms with Crippen LogP contribution in [0.15, 0.2) is 42.5 Å². The number of rotatable bonds is 7.